The van der Waals surface area contributed by atoms with Gasteiger partial charge in [0.2, 0.25) is 0 Å². The van der Waals surface area contributed by atoms with Crippen molar-refractivity contribution in [1.82, 2.24) is 5.32 Å². The van der Waals surface area contributed by atoms with Gasteiger partial charge in [0, 0.05) is 43.5 Å². The summed E-state index contributed by atoms with van der Waals surface area (Å²) in [5, 5.41) is 10.6. The molecular formula is C21H24N4O3. The number of nitrogens with zero attached hydrogens (tertiary/aromatic N) is 2. The van der Waals surface area contributed by atoms with E-state index >= 15 is 0 Å². The van der Waals surface area contributed by atoms with E-state index in [9.17, 15) is 9.59 Å². The molecule has 28 heavy (non-hydrogen) atoms. The highest BCUT2D eigenvalue weighted by Crippen LogP contribution is 2.26. The van der Waals surface area contributed by atoms with E-state index in [1.165, 1.54) is 7.11 Å². The van der Waals surface area contributed by atoms with Crippen molar-refractivity contribution in [2.75, 3.05) is 37.0 Å². The van der Waals surface area contributed by atoms with Crippen LogP contribution in [0.1, 0.15) is 17.5 Å². The lowest BCUT2D eigenvalue weighted by Gasteiger charge is -2.19. The largest absolute Gasteiger partial charge is 0.469 e. The van der Waals surface area contributed by atoms with Crippen LogP contribution in [-0.4, -0.2) is 45.1 Å². The number of carbonyl (C=O) groups excluding carboxylic acids is 2. The third-order valence-electron chi connectivity index (χ3n) is 4.82. The number of hydrogen-bond acceptors (Lipinski definition) is 4. The number of rotatable bonds is 6. The molecule has 7 nitrogen and oxygen atoms in total. The second-order valence-corrected chi connectivity index (χ2v) is 6.50. The van der Waals surface area contributed by atoms with Gasteiger partial charge in [-0.1, -0.05) is 12.1 Å². The molecular weight excluding hydrogens is 356 g/mol. The molecule has 0 spiro atoms. The summed E-state index contributed by atoms with van der Waals surface area (Å²) in [6.45, 7) is 1.21. The lowest BCUT2D eigenvalue weighted by Crippen LogP contribution is -2.31. The first-order chi connectivity index (χ1) is 13.5. The second-order valence-electron chi connectivity index (χ2n) is 6.50. The van der Waals surface area contributed by atoms with E-state index in [0.717, 1.165) is 22.5 Å². The number of hydrogen-bond donors (Lipinski definition) is 2. The van der Waals surface area contributed by atoms with Crippen LogP contribution in [0.4, 0.5) is 16.2 Å². The number of esters is 1. The van der Waals surface area contributed by atoms with Gasteiger partial charge in [0.15, 0.2) is 0 Å². The van der Waals surface area contributed by atoms with Crippen molar-refractivity contribution in [3.8, 4) is 0 Å². The van der Waals surface area contributed by atoms with E-state index in [-0.39, 0.29) is 12.0 Å². The number of urea groups is 1. The third-order valence-corrected chi connectivity index (χ3v) is 4.82. The Kier molecular flexibility index (Phi) is 5.93. The van der Waals surface area contributed by atoms with Crippen LogP contribution >= 0.6 is 0 Å². The Morgan fingerprint density at radius 2 is 1.57 bits per heavy atom. The quantitative estimate of drug-likeness (QED) is 0.458. The van der Waals surface area contributed by atoms with Gasteiger partial charge in [0.25, 0.3) is 0 Å². The fourth-order valence-electron chi connectivity index (χ4n) is 3.16. The number of carbonyl (C=O) groups is 2. The van der Waals surface area contributed by atoms with Crippen molar-refractivity contribution in [1.29, 1.82) is 5.41 Å². The van der Waals surface area contributed by atoms with Gasteiger partial charge < -0.3 is 10.1 Å². The molecule has 2 amide bonds. The number of aryl methyl sites for hydroxylation is 1. The number of anilines is 2. The van der Waals surface area contributed by atoms with Crippen LogP contribution in [0.15, 0.2) is 48.5 Å². The molecule has 3 rings (SSSR count). The predicted molar refractivity (Wildman–Crippen MR) is 109 cm³/mol. The highest BCUT2D eigenvalue weighted by molar-refractivity contribution is 6.06. The first kappa shape index (κ1) is 19.4. The Morgan fingerprint density at radius 3 is 2.07 bits per heavy atom. The zero-order valence-electron chi connectivity index (χ0n) is 16.1. The minimum Gasteiger partial charge on any atom is -0.469 e. The standard InChI is InChI=1S/C21H24N4O3/c1-23-20(22)16-6-10-18(11-7-16)25-14-13-24(21(25)27)17-8-3-15(4-9-17)5-12-19(26)28-2/h3-4,6-11H,5,12-14H2,1-2H3,(H2,22,23). The molecule has 1 fully saturated rings. The van der Waals surface area contributed by atoms with Gasteiger partial charge in [-0.15, -0.1) is 0 Å². The summed E-state index contributed by atoms with van der Waals surface area (Å²) < 4.78 is 4.66. The summed E-state index contributed by atoms with van der Waals surface area (Å²) in [5.41, 5.74) is 3.45. The van der Waals surface area contributed by atoms with E-state index in [0.29, 0.717) is 31.8 Å². The molecule has 0 unspecified atom stereocenters. The Hall–Kier alpha value is -3.35. The zero-order valence-corrected chi connectivity index (χ0v) is 16.1. The molecule has 0 bridgehead atoms. The van der Waals surface area contributed by atoms with Crippen molar-refractivity contribution < 1.29 is 14.3 Å². The molecule has 2 aromatic carbocycles. The highest BCUT2D eigenvalue weighted by Gasteiger charge is 2.30. The van der Waals surface area contributed by atoms with Crippen molar-refractivity contribution in [3.63, 3.8) is 0 Å². The van der Waals surface area contributed by atoms with Crippen LogP contribution in [0.25, 0.3) is 0 Å². The van der Waals surface area contributed by atoms with Crippen molar-refractivity contribution in [2.24, 2.45) is 0 Å². The van der Waals surface area contributed by atoms with Gasteiger partial charge in [-0.05, 0) is 48.4 Å². The molecule has 1 aliphatic heterocycles. The predicted octanol–water partition coefficient (Wildman–Crippen LogP) is 2.78. The molecule has 2 N–H and O–H groups in total. The SMILES string of the molecule is CNC(=N)c1ccc(N2CCN(c3ccc(CCC(=O)OC)cc3)C2=O)cc1. The fourth-order valence-corrected chi connectivity index (χ4v) is 3.16. The van der Waals surface area contributed by atoms with Crippen LogP contribution in [0.5, 0.6) is 0 Å². The smallest absolute Gasteiger partial charge is 0.329 e. The van der Waals surface area contributed by atoms with E-state index in [4.69, 9.17) is 5.41 Å². The van der Waals surface area contributed by atoms with Crippen molar-refractivity contribution in [3.05, 3.63) is 59.7 Å². The molecule has 1 saturated heterocycles. The lowest BCUT2D eigenvalue weighted by molar-refractivity contribution is -0.140. The lowest BCUT2D eigenvalue weighted by atomic mass is 10.1. The molecule has 1 heterocycles. The summed E-state index contributed by atoms with van der Waals surface area (Å²) in [4.78, 5) is 27.6. The Labute approximate surface area is 164 Å². The zero-order chi connectivity index (χ0) is 20.1. The molecule has 0 saturated carbocycles. The summed E-state index contributed by atoms with van der Waals surface area (Å²) in [6.07, 6.45) is 0.953. The number of methoxy groups -OCH3 is 1. The minimum atomic E-state index is -0.231. The average molecular weight is 380 g/mol. The van der Waals surface area contributed by atoms with E-state index in [1.807, 2.05) is 48.5 Å². The van der Waals surface area contributed by atoms with Crippen molar-refractivity contribution in [2.45, 2.75) is 12.8 Å². The molecule has 2 aromatic rings. The van der Waals surface area contributed by atoms with Gasteiger partial charge >= 0.3 is 12.0 Å². The maximum Gasteiger partial charge on any atom is 0.329 e. The number of nitrogens with one attached hydrogen (secondary N) is 2. The number of benzene rings is 2. The van der Waals surface area contributed by atoms with E-state index in [1.54, 1.807) is 16.8 Å². The van der Waals surface area contributed by atoms with Crippen LogP contribution in [-0.2, 0) is 16.0 Å². The van der Waals surface area contributed by atoms with Gasteiger partial charge in [-0.2, -0.15) is 0 Å². The highest BCUT2D eigenvalue weighted by atomic mass is 16.5. The third kappa shape index (κ3) is 4.14. The summed E-state index contributed by atoms with van der Waals surface area (Å²) in [5.74, 6) is 0.110. The molecule has 7 heteroatoms. The number of ether oxygens (including phenoxy) is 1. The molecule has 0 aliphatic carbocycles. The van der Waals surface area contributed by atoms with Gasteiger partial charge in [-0.3, -0.25) is 20.0 Å². The van der Waals surface area contributed by atoms with E-state index in [2.05, 4.69) is 10.1 Å². The number of amidine groups is 1. The fraction of sp³-hybridized carbons (Fsp3) is 0.286. The monoisotopic (exact) mass is 380 g/mol. The molecule has 0 radical (unpaired) electrons. The Balaban J connectivity index is 1.66. The van der Waals surface area contributed by atoms with Gasteiger partial charge in [0.05, 0.1) is 7.11 Å². The first-order valence-electron chi connectivity index (χ1n) is 9.15. The molecule has 0 aromatic heterocycles. The maximum atomic E-state index is 12.9. The molecule has 0 atom stereocenters. The first-order valence-corrected chi connectivity index (χ1v) is 9.15. The normalized spacial score (nSPS) is 13.6. The van der Waals surface area contributed by atoms with E-state index < -0.39 is 0 Å². The average Bonchev–Trinajstić information content (AvgIpc) is 3.13. The van der Waals surface area contributed by atoms with Crippen LogP contribution in [0, 0.1) is 5.41 Å². The Morgan fingerprint density at radius 1 is 1.04 bits per heavy atom. The Bertz CT molecular complexity index is 862. The van der Waals surface area contributed by atoms with Crippen molar-refractivity contribution >= 4 is 29.2 Å². The maximum absolute atomic E-state index is 12.9. The van der Waals surface area contributed by atoms with Gasteiger partial charge in [-0.25, -0.2) is 4.79 Å². The molecule has 1 aliphatic rings. The van der Waals surface area contributed by atoms with Crippen LogP contribution in [0.3, 0.4) is 0 Å². The molecule has 146 valence electrons. The van der Waals surface area contributed by atoms with Crippen LogP contribution < -0.4 is 15.1 Å². The second kappa shape index (κ2) is 8.56. The minimum absolute atomic E-state index is 0.0706. The summed E-state index contributed by atoms with van der Waals surface area (Å²) in [6, 6.07) is 15.0. The van der Waals surface area contributed by atoms with Crippen LogP contribution in [0.2, 0.25) is 0 Å². The van der Waals surface area contributed by atoms with Gasteiger partial charge in [0.1, 0.15) is 5.84 Å². The summed E-state index contributed by atoms with van der Waals surface area (Å²) >= 11 is 0. The summed E-state index contributed by atoms with van der Waals surface area (Å²) in [7, 11) is 3.09. The topological polar surface area (TPSA) is 85.7 Å². The number of amides is 2.